The molecule has 9 heteroatoms. The molecule has 1 aromatic carbocycles. The largest absolute Gasteiger partial charge is 0.444 e. The molecule has 0 spiro atoms. The Morgan fingerprint density at radius 2 is 1.62 bits per heavy atom. The predicted octanol–water partition coefficient (Wildman–Crippen LogP) is 4.31. The monoisotopic (exact) mass is 444 g/mol. The summed E-state index contributed by atoms with van der Waals surface area (Å²) in [5, 5.41) is 8.12. The molecule has 0 fully saturated rings. The summed E-state index contributed by atoms with van der Waals surface area (Å²) in [5.41, 5.74) is 0.131. The molecule has 1 rings (SSSR count). The van der Waals surface area contributed by atoms with E-state index >= 15 is 0 Å². The van der Waals surface area contributed by atoms with Gasteiger partial charge in [0.2, 0.25) is 10.0 Å². The minimum Gasteiger partial charge on any atom is -0.444 e. The third-order valence-corrected chi connectivity index (χ3v) is 10.4. The number of nitrogens with one attached hydrogen (secondary N) is 1. The van der Waals surface area contributed by atoms with Gasteiger partial charge in [-0.2, -0.15) is 0 Å². The highest BCUT2D eigenvalue weighted by molar-refractivity contribution is 7.89. The zero-order chi connectivity index (χ0) is 22.7. The van der Waals surface area contributed by atoms with E-state index in [9.17, 15) is 13.2 Å². The number of primary sulfonamides is 1. The third kappa shape index (κ3) is 8.45. The second-order valence-corrected chi connectivity index (χ2v) is 16.1. The molecule has 0 aliphatic rings. The first-order chi connectivity index (χ1) is 12.9. The van der Waals surface area contributed by atoms with Crippen molar-refractivity contribution in [2.24, 2.45) is 5.14 Å². The van der Waals surface area contributed by atoms with Crippen LogP contribution in [0.3, 0.4) is 0 Å². The summed E-state index contributed by atoms with van der Waals surface area (Å²) in [5.74, 6) is 0. The molecule has 0 aliphatic carbocycles. The predicted molar refractivity (Wildman–Crippen MR) is 118 cm³/mol. The van der Waals surface area contributed by atoms with Gasteiger partial charge in [0.1, 0.15) is 5.60 Å². The first-order valence-electron chi connectivity index (χ1n) is 9.69. The summed E-state index contributed by atoms with van der Waals surface area (Å²) < 4.78 is 34.6. The average molecular weight is 445 g/mol. The van der Waals surface area contributed by atoms with Crippen LogP contribution in [0.4, 0.5) is 4.79 Å². The number of ether oxygens (including phenoxy) is 1. The van der Waals surface area contributed by atoms with Crippen LogP contribution in [0.1, 0.15) is 59.6 Å². The number of alkyl carbamates (subject to hydrolysis) is 1. The van der Waals surface area contributed by atoms with Crippen molar-refractivity contribution in [3.05, 3.63) is 29.8 Å². The zero-order valence-electron chi connectivity index (χ0n) is 18.8. The molecule has 0 aromatic heterocycles. The molecule has 0 bridgehead atoms. The minimum atomic E-state index is -3.78. The summed E-state index contributed by atoms with van der Waals surface area (Å²) >= 11 is 0. The first-order valence-corrected chi connectivity index (χ1v) is 14.1. The van der Waals surface area contributed by atoms with Crippen LogP contribution in [0.5, 0.6) is 0 Å². The third-order valence-electron chi connectivity index (χ3n) is 4.98. The highest BCUT2D eigenvalue weighted by Crippen LogP contribution is 2.36. The molecule has 0 aliphatic heterocycles. The van der Waals surface area contributed by atoms with Crippen LogP contribution in [0.25, 0.3) is 0 Å². The van der Waals surface area contributed by atoms with E-state index in [0.717, 1.165) is 5.56 Å². The number of sulfonamides is 1. The Morgan fingerprint density at radius 1 is 1.10 bits per heavy atom. The molecular formula is C20H36N2O5SSi. The topological polar surface area (TPSA) is 108 Å². The van der Waals surface area contributed by atoms with E-state index in [1.165, 1.54) is 12.1 Å². The number of amides is 1. The van der Waals surface area contributed by atoms with Crippen LogP contribution < -0.4 is 10.5 Å². The molecule has 1 unspecified atom stereocenters. The Kier molecular flexibility index (Phi) is 8.09. The number of nitrogens with two attached hydrogens (primary N) is 1. The summed E-state index contributed by atoms with van der Waals surface area (Å²) in [6.07, 6.45) is -0.00846. The summed E-state index contributed by atoms with van der Waals surface area (Å²) in [6.45, 7) is 16.7. The minimum absolute atomic E-state index is 0.0230. The second kappa shape index (κ2) is 9.16. The fourth-order valence-corrected chi connectivity index (χ4v) is 3.89. The molecular weight excluding hydrogens is 408 g/mol. The van der Waals surface area contributed by atoms with Gasteiger partial charge in [-0.3, -0.25) is 0 Å². The van der Waals surface area contributed by atoms with Gasteiger partial charge in [0, 0.05) is 6.61 Å². The molecule has 0 saturated carbocycles. The van der Waals surface area contributed by atoms with Crippen molar-refractivity contribution in [3.63, 3.8) is 0 Å². The van der Waals surface area contributed by atoms with E-state index in [0.29, 0.717) is 13.0 Å². The fraction of sp³-hybridized carbons (Fsp3) is 0.650. The first kappa shape index (κ1) is 25.6. The number of rotatable bonds is 7. The molecule has 1 atom stereocenters. The van der Waals surface area contributed by atoms with Gasteiger partial charge >= 0.3 is 6.09 Å². The molecule has 1 aromatic rings. The van der Waals surface area contributed by atoms with Crippen molar-refractivity contribution >= 4 is 24.4 Å². The standard InChI is InChI=1S/C20H36N2O5SSi/c1-19(2,3)27-18(23)22-17(13-14-26-29(7,8)20(4,5)6)15-9-11-16(12-10-15)28(21,24)25/h9-12,17H,13-14H2,1-8H3,(H,22,23)(H2,21,24,25). The van der Waals surface area contributed by atoms with Crippen LogP contribution in [0.15, 0.2) is 29.2 Å². The van der Waals surface area contributed by atoms with Gasteiger partial charge in [0.15, 0.2) is 8.32 Å². The van der Waals surface area contributed by atoms with Gasteiger partial charge in [-0.15, -0.1) is 0 Å². The highest BCUT2D eigenvalue weighted by atomic mass is 32.2. The van der Waals surface area contributed by atoms with E-state index in [4.69, 9.17) is 14.3 Å². The molecule has 0 saturated heterocycles. The molecule has 3 N–H and O–H groups in total. The van der Waals surface area contributed by atoms with E-state index in [1.54, 1.807) is 32.9 Å². The molecule has 1 amide bonds. The fourth-order valence-electron chi connectivity index (χ4n) is 2.31. The number of hydrogen-bond acceptors (Lipinski definition) is 5. The second-order valence-electron chi connectivity index (χ2n) is 9.71. The van der Waals surface area contributed by atoms with Crippen molar-refractivity contribution < 1.29 is 22.4 Å². The quantitative estimate of drug-likeness (QED) is 0.609. The van der Waals surface area contributed by atoms with Crippen molar-refractivity contribution in [3.8, 4) is 0 Å². The van der Waals surface area contributed by atoms with Crippen molar-refractivity contribution in [2.45, 2.75) is 82.6 Å². The lowest BCUT2D eigenvalue weighted by Gasteiger charge is -2.36. The zero-order valence-corrected chi connectivity index (χ0v) is 20.6. The maximum atomic E-state index is 12.3. The van der Waals surface area contributed by atoms with Gasteiger partial charge < -0.3 is 14.5 Å². The van der Waals surface area contributed by atoms with Crippen LogP contribution in [-0.2, 0) is 19.2 Å². The maximum Gasteiger partial charge on any atom is 0.408 e. The van der Waals surface area contributed by atoms with Crippen LogP contribution in [0.2, 0.25) is 18.1 Å². The van der Waals surface area contributed by atoms with Gasteiger partial charge in [-0.1, -0.05) is 32.9 Å². The van der Waals surface area contributed by atoms with Crippen molar-refractivity contribution in [2.75, 3.05) is 6.61 Å². The molecule has 0 radical (unpaired) electrons. The van der Waals surface area contributed by atoms with Crippen molar-refractivity contribution in [1.82, 2.24) is 5.32 Å². The maximum absolute atomic E-state index is 12.3. The molecule has 166 valence electrons. The van der Waals surface area contributed by atoms with Gasteiger partial charge in [0.25, 0.3) is 0 Å². The lowest BCUT2D eigenvalue weighted by molar-refractivity contribution is 0.0496. The summed E-state index contributed by atoms with van der Waals surface area (Å²) in [6, 6.07) is 5.78. The van der Waals surface area contributed by atoms with E-state index in [2.05, 4.69) is 39.2 Å². The molecule has 7 nitrogen and oxygen atoms in total. The normalized spacial score (nSPS) is 14.4. The van der Waals surface area contributed by atoms with Crippen LogP contribution in [-0.4, -0.2) is 35.0 Å². The summed E-state index contributed by atoms with van der Waals surface area (Å²) in [7, 11) is -5.70. The number of carbonyl (C=O) groups is 1. The SMILES string of the molecule is CC(C)(C)OC(=O)NC(CCO[Si](C)(C)C(C)(C)C)c1ccc(S(N)(=O)=O)cc1. The molecule has 29 heavy (non-hydrogen) atoms. The van der Waals surface area contributed by atoms with Gasteiger partial charge in [-0.25, -0.2) is 18.4 Å². The van der Waals surface area contributed by atoms with Crippen LogP contribution in [0, 0.1) is 0 Å². The van der Waals surface area contributed by atoms with Crippen LogP contribution >= 0.6 is 0 Å². The van der Waals surface area contributed by atoms with Crippen molar-refractivity contribution in [1.29, 1.82) is 0 Å². The Morgan fingerprint density at radius 3 is 2.03 bits per heavy atom. The number of benzene rings is 1. The number of hydrogen-bond donors (Lipinski definition) is 2. The number of carbonyl (C=O) groups excluding carboxylic acids is 1. The highest BCUT2D eigenvalue weighted by Gasteiger charge is 2.37. The lowest BCUT2D eigenvalue weighted by Crippen LogP contribution is -2.41. The van der Waals surface area contributed by atoms with E-state index in [-0.39, 0.29) is 16.0 Å². The van der Waals surface area contributed by atoms with Gasteiger partial charge in [0.05, 0.1) is 10.9 Å². The Balaban J connectivity index is 2.99. The summed E-state index contributed by atoms with van der Waals surface area (Å²) in [4.78, 5) is 12.3. The Labute approximate surface area is 176 Å². The van der Waals surface area contributed by atoms with E-state index in [1.807, 2.05) is 0 Å². The Bertz CT molecular complexity index is 794. The Hall–Kier alpha value is -1.42. The van der Waals surface area contributed by atoms with E-state index < -0.39 is 30.0 Å². The lowest BCUT2D eigenvalue weighted by atomic mass is 10.0. The smallest absolute Gasteiger partial charge is 0.408 e. The molecule has 0 heterocycles. The van der Waals surface area contributed by atoms with Gasteiger partial charge in [-0.05, 0) is 63.0 Å². The average Bonchev–Trinajstić information content (AvgIpc) is 2.50.